The van der Waals surface area contributed by atoms with Gasteiger partial charge in [0.1, 0.15) is 5.02 Å². The molecule has 8 heteroatoms. The number of para-hydroxylation sites is 1. The summed E-state index contributed by atoms with van der Waals surface area (Å²) >= 11 is 6.37. The van der Waals surface area contributed by atoms with E-state index in [1.165, 1.54) is 5.56 Å². The summed E-state index contributed by atoms with van der Waals surface area (Å²) in [5.74, 6) is 0.903. The van der Waals surface area contributed by atoms with Crippen LogP contribution in [0.15, 0.2) is 79.1 Å². The Morgan fingerprint density at radius 1 is 0.972 bits per heavy atom. The van der Waals surface area contributed by atoms with Crippen molar-refractivity contribution in [1.29, 1.82) is 0 Å². The number of amides is 1. The first-order valence-corrected chi connectivity index (χ1v) is 12.1. The summed E-state index contributed by atoms with van der Waals surface area (Å²) in [6.45, 7) is 0. The summed E-state index contributed by atoms with van der Waals surface area (Å²) in [4.78, 5) is 25.1. The van der Waals surface area contributed by atoms with Gasteiger partial charge in [0.25, 0.3) is 0 Å². The van der Waals surface area contributed by atoms with Crippen LogP contribution in [-0.2, 0) is 24.1 Å². The molecule has 1 amide bonds. The van der Waals surface area contributed by atoms with Crippen molar-refractivity contribution in [2.75, 3.05) is 16.0 Å². The number of nitrogens with zero attached hydrogens (tertiary/aromatic N) is 2. The molecular weight excluding hydrogens is 472 g/mol. The first kappa shape index (κ1) is 22.1. The van der Waals surface area contributed by atoms with Gasteiger partial charge in [-0.15, -0.1) is 0 Å². The summed E-state index contributed by atoms with van der Waals surface area (Å²) in [5.41, 5.74) is 6.72. The van der Waals surface area contributed by atoms with Gasteiger partial charge in [-0.25, -0.2) is 4.98 Å². The van der Waals surface area contributed by atoms with Crippen molar-refractivity contribution >= 4 is 57.2 Å². The molecule has 1 aliphatic heterocycles. The molecule has 36 heavy (non-hydrogen) atoms. The van der Waals surface area contributed by atoms with Gasteiger partial charge in [-0.3, -0.25) is 4.79 Å². The van der Waals surface area contributed by atoms with E-state index < -0.39 is 0 Å². The van der Waals surface area contributed by atoms with Crippen LogP contribution in [0.1, 0.15) is 16.7 Å². The molecule has 4 N–H and O–H groups in total. The molecule has 3 aromatic carbocycles. The highest BCUT2D eigenvalue weighted by Gasteiger charge is 2.14. The standard InChI is InChI=1S/C28H23ClN6O/c29-23-16-31-28-33-20-5-3-4-17(12-20)8-9-18-13-21(32-27(23)35-28)10-11-24(18)34-26(36)14-19-15-30-25-7-2-1-6-22(19)25/h1-7,10-13,15-16,30H,8-9,14H2,(H,34,36)(H2,31,32,33,35). The van der Waals surface area contributed by atoms with E-state index in [0.717, 1.165) is 51.9 Å². The molecule has 0 unspecified atom stereocenters. The van der Waals surface area contributed by atoms with Crippen molar-refractivity contribution < 1.29 is 4.79 Å². The minimum atomic E-state index is -0.0608. The lowest BCUT2D eigenvalue weighted by molar-refractivity contribution is -0.115. The molecule has 0 spiro atoms. The lowest BCUT2D eigenvalue weighted by Crippen LogP contribution is -2.16. The molecule has 6 rings (SSSR count). The van der Waals surface area contributed by atoms with E-state index in [4.69, 9.17) is 11.6 Å². The van der Waals surface area contributed by atoms with Crippen LogP contribution in [0.2, 0.25) is 5.02 Å². The van der Waals surface area contributed by atoms with E-state index >= 15 is 0 Å². The molecular formula is C28H23ClN6O. The number of halogens is 1. The number of nitrogens with one attached hydrogen (secondary N) is 4. The first-order chi connectivity index (χ1) is 17.6. The van der Waals surface area contributed by atoms with E-state index in [9.17, 15) is 4.79 Å². The Morgan fingerprint density at radius 3 is 2.81 bits per heavy atom. The van der Waals surface area contributed by atoms with Crippen molar-refractivity contribution in [1.82, 2.24) is 15.0 Å². The van der Waals surface area contributed by atoms with Gasteiger partial charge in [0.05, 0.1) is 12.6 Å². The van der Waals surface area contributed by atoms with Crippen molar-refractivity contribution in [2.24, 2.45) is 0 Å². The third-order valence-electron chi connectivity index (χ3n) is 6.28. The van der Waals surface area contributed by atoms with Gasteiger partial charge in [0.2, 0.25) is 11.9 Å². The van der Waals surface area contributed by atoms with E-state index in [0.29, 0.717) is 16.8 Å². The summed E-state index contributed by atoms with van der Waals surface area (Å²) in [6, 6.07) is 22.0. The maximum absolute atomic E-state index is 13.0. The third-order valence-corrected chi connectivity index (χ3v) is 6.55. The number of aromatic nitrogens is 3. The smallest absolute Gasteiger partial charge is 0.229 e. The number of carbonyl (C=O) groups excluding carboxylic acids is 1. The van der Waals surface area contributed by atoms with Crippen LogP contribution in [0.25, 0.3) is 10.9 Å². The second-order valence-corrected chi connectivity index (χ2v) is 9.20. The number of aromatic amines is 1. The van der Waals surface area contributed by atoms with Crippen molar-refractivity contribution in [3.8, 4) is 0 Å². The Labute approximate surface area is 213 Å². The van der Waals surface area contributed by atoms with Crippen molar-refractivity contribution in [3.63, 3.8) is 0 Å². The normalized spacial score (nSPS) is 12.5. The number of hydrogen-bond acceptors (Lipinski definition) is 5. The molecule has 2 aromatic heterocycles. The quantitative estimate of drug-likeness (QED) is 0.233. The number of hydrogen-bond donors (Lipinski definition) is 4. The summed E-state index contributed by atoms with van der Waals surface area (Å²) < 4.78 is 0. The van der Waals surface area contributed by atoms with Gasteiger partial charge in [-0.2, -0.15) is 4.98 Å². The summed E-state index contributed by atoms with van der Waals surface area (Å²) in [5, 5.41) is 11.2. The van der Waals surface area contributed by atoms with Gasteiger partial charge in [-0.05, 0) is 65.9 Å². The van der Waals surface area contributed by atoms with E-state index in [1.807, 2.05) is 60.8 Å². The molecule has 0 fully saturated rings. The highest BCUT2D eigenvalue weighted by Crippen LogP contribution is 2.29. The number of H-pyrrole nitrogens is 1. The van der Waals surface area contributed by atoms with Gasteiger partial charge in [0.15, 0.2) is 5.82 Å². The Morgan fingerprint density at radius 2 is 1.86 bits per heavy atom. The maximum atomic E-state index is 13.0. The van der Waals surface area contributed by atoms with Crippen molar-refractivity contribution in [2.45, 2.75) is 19.3 Å². The van der Waals surface area contributed by atoms with Crippen LogP contribution in [0, 0.1) is 0 Å². The second kappa shape index (κ2) is 9.36. The fraction of sp³-hybridized carbons (Fsp3) is 0.107. The molecule has 0 atom stereocenters. The summed E-state index contributed by atoms with van der Waals surface area (Å²) in [6.07, 6.45) is 5.32. The molecule has 0 aliphatic carbocycles. The van der Waals surface area contributed by atoms with Crippen LogP contribution in [0.4, 0.5) is 28.8 Å². The van der Waals surface area contributed by atoms with Gasteiger partial charge < -0.3 is 20.9 Å². The molecule has 5 aromatic rings. The molecule has 178 valence electrons. The predicted octanol–water partition coefficient (Wildman–Crippen LogP) is 6.38. The Hall–Kier alpha value is -4.36. The zero-order chi connectivity index (χ0) is 24.5. The molecule has 0 radical (unpaired) electrons. The number of rotatable bonds is 3. The van der Waals surface area contributed by atoms with Crippen LogP contribution in [0.5, 0.6) is 0 Å². The highest BCUT2D eigenvalue weighted by molar-refractivity contribution is 6.32. The Bertz CT molecular complexity index is 1590. The zero-order valence-electron chi connectivity index (χ0n) is 19.3. The van der Waals surface area contributed by atoms with E-state index in [2.05, 4.69) is 43.0 Å². The number of fused-ring (bicyclic) bond motifs is 7. The molecule has 0 saturated heterocycles. The fourth-order valence-corrected chi connectivity index (χ4v) is 4.65. The SMILES string of the molecule is O=C(Cc1c[nH]c2ccccc12)Nc1ccc2cc1CCc1cccc(c1)Nc1ncc(Cl)c(n1)N2. The molecule has 3 heterocycles. The summed E-state index contributed by atoms with van der Waals surface area (Å²) in [7, 11) is 0. The predicted molar refractivity (Wildman–Crippen MR) is 145 cm³/mol. The van der Waals surface area contributed by atoms with Gasteiger partial charge in [-0.1, -0.05) is 41.9 Å². The molecule has 6 bridgehead atoms. The largest absolute Gasteiger partial charge is 0.361 e. The van der Waals surface area contributed by atoms with Gasteiger partial charge in [0, 0.05) is 34.2 Å². The maximum Gasteiger partial charge on any atom is 0.229 e. The minimum Gasteiger partial charge on any atom is -0.361 e. The number of benzene rings is 3. The number of aryl methyl sites for hydroxylation is 2. The van der Waals surface area contributed by atoms with E-state index in [-0.39, 0.29) is 12.3 Å². The second-order valence-electron chi connectivity index (χ2n) is 8.80. The Balaban J connectivity index is 1.31. The molecule has 0 saturated carbocycles. The fourth-order valence-electron chi connectivity index (χ4n) is 4.51. The van der Waals surface area contributed by atoms with Crippen LogP contribution in [0.3, 0.4) is 0 Å². The monoisotopic (exact) mass is 494 g/mol. The van der Waals surface area contributed by atoms with E-state index in [1.54, 1.807) is 6.20 Å². The van der Waals surface area contributed by atoms with Crippen LogP contribution >= 0.6 is 11.6 Å². The van der Waals surface area contributed by atoms with Crippen molar-refractivity contribution in [3.05, 3.63) is 101 Å². The number of anilines is 5. The topological polar surface area (TPSA) is 94.7 Å². The Kier molecular flexibility index (Phi) is 5.75. The highest BCUT2D eigenvalue weighted by atomic mass is 35.5. The molecule has 7 nitrogen and oxygen atoms in total. The average Bonchev–Trinajstić information content (AvgIpc) is 3.28. The first-order valence-electron chi connectivity index (χ1n) is 11.7. The molecule has 1 aliphatic rings. The van der Waals surface area contributed by atoms with Crippen LogP contribution < -0.4 is 16.0 Å². The van der Waals surface area contributed by atoms with Crippen LogP contribution in [-0.4, -0.2) is 20.9 Å². The lowest BCUT2D eigenvalue weighted by atomic mass is 10.0. The zero-order valence-corrected chi connectivity index (χ0v) is 20.1. The third kappa shape index (κ3) is 4.61. The lowest BCUT2D eigenvalue weighted by Gasteiger charge is -2.14. The minimum absolute atomic E-state index is 0.0608. The average molecular weight is 495 g/mol. The number of carbonyl (C=O) groups is 1. The van der Waals surface area contributed by atoms with Gasteiger partial charge >= 0.3 is 0 Å².